The summed E-state index contributed by atoms with van der Waals surface area (Å²) in [4.78, 5) is 17.3. The Labute approximate surface area is 167 Å². The number of piperazine rings is 1. The van der Waals surface area contributed by atoms with Gasteiger partial charge in [0.05, 0.1) is 6.61 Å². The van der Waals surface area contributed by atoms with Crippen LogP contribution in [0.3, 0.4) is 0 Å². The Bertz CT molecular complexity index is 751. The molecule has 2 aromatic carbocycles. The van der Waals surface area contributed by atoms with E-state index in [-0.39, 0.29) is 5.91 Å². The largest absolute Gasteiger partial charge is 0.494 e. The van der Waals surface area contributed by atoms with Gasteiger partial charge in [0.15, 0.2) is 5.60 Å². The van der Waals surface area contributed by atoms with Crippen molar-refractivity contribution in [3.8, 4) is 11.5 Å². The van der Waals surface area contributed by atoms with Crippen molar-refractivity contribution in [2.24, 2.45) is 0 Å². The predicted molar refractivity (Wildman–Crippen MR) is 111 cm³/mol. The maximum atomic E-state index is 13.0. The number of rotatable bonds is 7. The maximum Gasteiger partial charge on any atom is 0.266 e. The molecule has 1 aliphatic rings. The maximum absolute atomic E-state index is 13.0. The number of nitrogens with zero attached hydrogens (tertiary/aromatic N) is 2. The average molecular weight is 383 g/mol. The van der Waals surface area contributed by atoms with E-state index in [1.807, 2.05) is 56.0 Å². The SMILES string of the molecule is CCOc1ccc(OC(C)(C)C(=O)N2CCN(Cc3ccccc3)CC2)cc1. The third-order valence-electron chi connectivity index (χ3n) is 4.93. The van der Waals surface area contributed by atoms with Gasteiger partial charge in [-0.15, -0.1) is 0 Å². The standard InChI is InChI=1S/C23H30N2O3/c1-4-27-20-10-12-21(13-11-20)28-23(2,3)22(26)25-16-14-24(15-17-25)18-19-8-6-5-7-9-19/h5-13H,4,14-18H2,1-3H3. The number of benzene rings is 2. The Morgan fingerprint density at radius 3 is 2.14 bits per heavy atom. The zero-order chi connectivity index (χ0) is 20.0. The summed E-state index contributed by atoms with van der Waals surface area (Å²) in [5.74, 6) is 1.50. The van der Waals surface area contributed by atoms with Crippen molar-refractivity contribution in [2.45, 2.75) is 32.9 Å². The zero-order valence-corrected chi connectivity index (χ0v) is 17.1. The number of hydrogen-bond acceptors (Lipinski definition) is 4. The molecule has 0 aliphatic carbocycles. The summed E-state index contributed by atoms with van der Waals surface area (Å²) >= 11 is 0. The van der Waals surface area contributed by atoms with E-state index in [0.29, 0.717) is 12.4 Å². The van der Waals surface area contributed by atoms with Gasteiger partial charge in [-0.25, -0.2) is 0 Å². The van der Waals surface area contributed by atoms with E-state index >= 15 is 0 Å². The van der Waals surface area contributed by atoms with Crippen LogP contribution in [-0.2, 0) is 11.3 Å². The number of ether oxygens (including phenoxy) is 2. The first kappa shape index (κ1) is 20.2. The van der Waals surface area contributed by atoms with Gasteiger partial charge in [0.1, 0.15) is 11.5 Å². The lowest BCUT2D eigenvalue weighted by Crippen LogP contribution is -2.55. The molecule has 1 amide bonds. The monoisotopic (exact) mass is 382 g/mol. The molecule has 0 spiro atoms. The zero-order valence-electron chi connectivity index (χ0n) is 17.1. The summed E-state index contributed by atoms with van der Waals surface area (Å²) in [6.07, 6.45) is 0. The molecule has 1 heterocycles. The van der Waals surface area contributed by atoms with Crippen LogP contribution in [0.25, 0.3) is 0 Å². The van der Waals surface area contributed by atoms with Crippen LogP contribution in [0.4, 0.5) is 0 Å². The Morgan fingerprint density at radius 1 is 0.929 bits per heavy atom. The van der Waals surface area contributed by atoms with Crippen LogP contribution < -0.4 is 9.47 Å². The van der Waals surface area contributed by atoms with Crippen molar-refractivity contribution in [1.82, 2.24) is 9.80 Å². The topological polar surface area (TPSA) is 42.0 Å². The summed E-state index contributed by atoms with van der Waals surface area (Å²) in [5, 5.41) is 0. The lowest BCUT2D eigenvalue weighted by Gasteiger charge is -2.38. The van der Waals surface area contributed by atoms with Crippen molar-refractivity contribution in [3.63, 3.8) is 0 Å². The van der Waals surface area contributed by atoms with Crippen LogP contribution in [0.15, 0.2) is 54.6 Å². The number of hydrogen-bond donors (Lipinski definition) is 0. The second-order valence-electron chi connectivity index (χ2n) is 7.57. The average Bonchev–Trinajstić information content (AvgIpc) is 2.70. The van der Waals surface area contributed by atoms with E-state index in [9.17, 15) is 4.79 Å². The van der Waals surface area contributed by atoms with Gasteiger partial charge < -0.3 is 14.4 Å². The third-order valence-corrected chi connectivity index (χ3v) is 4.93. The third kappa shape index (κ3) is 5.26. The molecule has 0 aromatic heterocycles. The summed E-state index contributed by atoms with van der Waals surface area (Å²) in [7, 11) is 0. The Balaban J connectivity index is 1.53. The molecule has 0 unspecified atom stereocenters. The lowest BCUT2D eigenvalue weighted by molar-refractivity contribution is -0.147. The van der Waals surface area contributed by atoms with Crippen LogP contribution >= 0.6 is 0 Å². The molecule has 1 fully saturated rings. The van der Waals surface area contributed by atoms with Crippen LogP contribution in [0.2, 0.25) is 0 Å². The van der Waals surface area contributed by atoms with Gasteiger partial charge in [-0.1, -0.05) is 30.3 Å². The summed E-state index contributed by atoms with van der Waals surface area (Å²) in [6.45, 7) is 10.4. The molecule has 28 heavy (non-hydrogen) atoms. The van der Waals surface area contributed by atoms with Gasteiger partial charge in [0, 0.05) is 32.7 Å². The van der Waals surface area contributed by atoms with E-state index in [1.165, 1.54) is 5.56 Å². The number of carbonyl (C=O) groups is 1. The highest BCUT2D eigenvalue weighted by molar-refractivity contribution is 5.85. The van der Waals surface area contributed by atoms with E-state index in [1.54, 1.807) is 0 Å². The van der Waals surface area contributed by atoms with Crippen LogP contribution in [0.5, 0.6) is 11.5 Å². The number of carbonyl (C=O) groups excluding carboxylic acids is 1. The fraction of sp³-hybridized carbons (Fsp3) is 0.435. The smallest absolute Gasteiger partial charge is 0.266 e. The molecule has 0 saturated carbocycles. The van der Waals surface area contributed by atoms with Crippen LogP contribution in [0.1, 0.15) is 26.3 Å². The van der Waals surface area contributed by atoms with E-state index in [0.717, 1.165) is 38.5 Å². The van der Waals surface area contributed by atoms with Crippen LogP contribution in [0, 0.1) is 0 Å². The first-order valence-electron chi connectivity index (χ1n) is 9.95. The molecule has 1 saturated heterocycles. The van der Waals surface area contributed by atoms with E-state index < -0.39 is 5.60 Å². The van der Waals surface area contributed by atoms with Gasteiger partial charge in [-0.2, -0.15) is 0 Å². The minimum atomic E-state index is -0.908. The molecular formula is C23H30N2O3. The Kier molecular flexibility index (Phi) is 6.57. The minimum absolute atomic E-state index is 0.0285. The van der Waals surface area contributed by atoms with Crippen molar-refractivity contribution >= 4 is 5.91 Å². The molecule has 5 nitrogen and oxygen atoms in total. The molecule has 0 radical (unpaired) electrons. The molecule has 1 aliphatic heterocycles. The summed E-state index contributed by atoms with van der Waals surface area (Å²) < 4.78 is 11.5. The fourth-order valence-corrected chi connectivity index (χ4v) is 3.44. The molecule has 0 bridgehead atoms. The van der Waals surface area contributed by atoms with E-state index in [2.05, 4.69) is 29.2 Å². The summed E-state index contributed by atoms with van der Waals surface area (Å²) in [5.41, 5.74) is 0.399. The van der Waals surface area contributed by atoms with Crippen molar-refractivity contribution in [3.05, 3.63) is 60.2 Å². The van der Waals surface area contributed by atoms with E-state index in [4.69, 9.17) is 9.47 Å². The van der Waals surface area contributed by atoms with Gasteiger partial charge >= 0.3 is 0 Å². The molecule has 0 N–H and O–H groups in total. The first-order valence-corrected chi connectivity index (χ1v) is 9.95. The van der Waals surface area contributed by atoms with Crippen molar-refractivity contribution in [2.75, 3.05) is 32.8 Å². The second-order valence-corrected chi connectivity index (χ2v) is 7.57. The van der Waals surface area contributed by atoms with Gasteiger partial charge in [0.25, 0.3) is 5.91 Å². The van der Waals surface area contributed by atoms with Crippen LogP contribution in [-0.4, -0.2) is 54.1 Å². The van der Waals surface area contributed by atoms with Gasteiger partial charge in [-0.3, -0.25) is 9.69 Å². The molecule has 5 heteroatoms. The minimum Gasteiger partial charge on any atom is -0.494 e. The molecule has 2 aromatic rings. The normalized spacial score (nSPS) is 15.3. The Morgan fingerprint density at radius 2 is 1.54 bits per heavy atom. The first-order chi connectivity index (χ1) is 13.5. The highest BCUT2D eigenvalue weighted by Gasteiger charge is 2.35. The number of amides is 1. The lowest BCUT2D eigenvalue weighted by atomic mass is 10.1. The van der Waals surface area contributed by atoms with Crippen molar-refractivity contribution < 1.29 is 14.3 Å². The summed E-state index contributed by atoms with van der Waals surface area (Å²) in [6, 6.07) is 17.9. The quantitative estimate of drug-likeness (QED) is 0.734. The molecule has 0 atom stereocenters. The highest BCUT2D eigenvalue weighted by atomic mass is 16.5. The highest BCUT2D eigenvalue weighted by Crippen LogP contribution is 2.24. The predicted octanol–water partition coefficient (Wildman–Crippen LogP) is 3.59. The second kappa shape index (κ2) is 9.11. The molecule has 150 valence electrons. The van der Waals surface area contributed by atoms with Gasteiger partial charge in [0.2, 0.25) is 0 Å². The molecule has 3 rings (SSSR count). The fourth-order valence-electron chi connectivity index (χ4n) is 3.44. The van der Waals surface area contributed by atoms with Gasteiger partial charge in [-0.05, 0) is 50.6 Å². The Hall–Kier alpha value is -2.53. The van der Waals surface area contributed by atoms with Crippen molar-refractivity contribution in [1.29, 1.82) is 0 Å². The molecular weight excluding hydrogens is 352 g/mol.